The third kappa shape index (κ3) is 3.10. The Hall–Kier alpha value is -2.28. The number of aromatic nitrogens is 3. The van der Waals surface area contributed by atoms with E-state index in [0.717, 1.165) is 5.82 Å². The summed E-state index contributed by atoms with van der Waals surface area (Å²) < 4.78 is 15.7. The molecule has 122 valence electrons. The first-order chi connectivity index (χ1) is 11.1. The molecule has 0 unspecified atom stereocenters. The highest BCUT2D eigenvalue weighted by atomic mass is 19.1. The van der Waals surface area contributed by atoms with Gasteiger partial charge >= 0.3 is 0 Å². The number of carbonyl (C=O) groups excluding carboxylic acids is 1. The Labute approximate surface area is 134 Å². The van der Waals surface area contributed by atoms with Crippen molar-refractivity contribution in [2.75, 3.05) is 7.05 Å². The van der Waals surface area contributed by atoms with Gasteiger partial charge in [0.15, 0.2) is 0 Å². The van der Waals surface area contributed by atoms with Crippen molar-refractivity contribution in [1.29, 1.82) is 0 Å². The molecule has 1 saturated heterocycles. The maximum Gasteiger partial charge on any atom is 0.223 e. The molecule has 1 fully saturated rings. The van der Waals surface area contributed by atoms with Gasteiger partial charge in [-0.3, -0.25) is 9.78 Å². The van der Waals surface area contributed by atoms with Gasteiger partial charge in [0.1, 0.15) is 17.7 Å². The maximum absolute atomic E-state index is 13.7. The molecule has 0 spiro atoms. The summed E-state index contributed by atoms with van der Waals surface area (Å²) in [6.07, 6.45) is 7.56. The van der Waals surface area contributed by atoms with E-state index < -0.39 is 0 Å². The van der Waals surface area contributed by atoms with Gasteiger partial charge in [-0.25, -0.2) is 9.37 Å². The molecule has 1 aliphatic rings. The average molecular weight is 317 g/mol. The highest BCUT2D eigenvalue weighted by Gasteiger charge is 2.36. The zero-order chi connectivity index (χ0) is 16.4. The van der Waals surface area contributed by atoms with Crippen molar-refractivity contribution in [3.63, 3.8) is 0 Å². The lowest BCUT2D eigenvalue weighted by molar-refractivity contribution is -0.136. The summed E-state index contributed by atoms with van der Waals surface area (Å²) in [6.45, 7) is 0.391. The van der Waals surface area contributed by atoms with Crippen molar-refractivity contribution in [2.45, 2.75) is 31.5 Å². The third-order valence-corrected chi connectivity index (χ3v) is 4.40. The number of piperidine rings is 1. The zero-order valence-electron chi connectivity index (χ0n) is 13.2. The van der Waals surface area contributed by atoms with E-state index in [1.165, 1.54) is 6.20 Å². The molecule has 0 bridgehead atoms. The first-order valence-corrected chi connectivity index (χ1v) is 7.62. The van der Waals surface area contributed by atoms with Gasteiger partial charge in [0, 0.05) is 57.3 Å². The van der Waals surface area contributed by atoms with E-state index in [9.17, 15) is 9.18 Å². The van der Waals surface area contributed by atoms with Crippen LogP contribution in [0.1, 0.15) is 30.3 Å². The van der Waals surface area contributed by atoms with Crippen LogP contribution in [0.3, 0.4) is 0 Å². The number of nitrogens with one attached hydrogen (secondary N) is 1. The van der Waals surface area contributed by atoms with Crippen LogP contribution < -0.4 is 5.32 Å². The topological polar surface area (TPSA) is 63.1 Å². The number of nitrogens with zero attached hydrogens (tertiary/aromatic N) is 4. The zero-order valence-corrected chi connectivity index (χ0v) is 13.2. The molecular weight excluding hydrogens is 297 g/mol. The largest absolute Gasteiger partial charge is 0.336 e. The molecule has 1 aliphatic heterocycles. The minimum Gasteiger partial charge on any atom is -0.336 e. The van der Waals surface area contributed by atoms with Crippen LogP contribution in [0.15, 0.2) is 30.9 Å². The van der Waals surface area contributed by atoms with Crippen molar-refractivity contribution in [3.8, 4) is 0 Å². The smallest absolute Gasteiger partial charge is 0.223 e. The Bertz CT molecular complexity index is 701. The summed E-state index contributed by atoms with van der Waals surface area (Å²) in [4.78, 5) is 22.0. The molecule has 23 heavy (non-hydrogen) atoms. The minimum absolute atomic E-state index is 0.0198. The molecule has 3 heterocycles. The second kappa shape index (κ2) is 6.45. The molecule has 2 aromatic heterocycles. The monoisotopic (exact) mass is 317 g/mol. The first kappa shape index (κ1) is 15.6. The normalized spacial score (nSPS) is 21.7. The molecular formula is C16H20FN5O. The van der Waals surface area contributed by atoms with Crippen molar-refractivity contribution in [1.82, 2.24) is 24.8 Å². The lowest BCUT2D eigenvalue weighted by Crippen LogP contribution is -2.49. The Kier molecular flexibility index (Phi) is 4.38. The summed E-state index contributed by atoms with van der Waals surface area (Å²) in [5.74, 6) is 0.605. The van der Waals surface area contributed by atoms with Gasteiger partial charge in [-0.1, -0.05) is 0 Å². The number of rotatable bonds is 4. The van der Waals surface area contributed by atoms with Crippen molar-refractivity contribution in [2.24, 2.45) is 7.05 Å². The highest BCUT2D eigenvalue weighted by molar-refractivity contribution is 5.77. The van der Waals surface area contributed by atoms with Crippen molar-refractivity contribution >= 4 is 5.91 Å². The minimum atomic E-state index is -0.325. The van der Waals surface area contributed by atoms with Gasteiger partial charge in [0.25, 0.3) is 0 Å². The van der Waals surface area contributed by atoms with Gasteiger partial charge in [-0.2, -0.15) is 0 Å². The lowest BCUT2D eigenvalue weighted by atomic mass is 9.95. The molecule has 1 N–H and O–H groups in total. The molecule has 0 radical (unpaired) electrons. The maximum atomic E-state index is 13.7. The first-order valence-electron chi connectivity index (χ1n) is 7.62. The number of aryl methyl sites for hydroxylation is 1. The second-order valence-corrected chi connectivity index (χ2v) is 5.84. The van der Waals surface area contributed by atoms with Gasteiger partial charge < -0.3 is 14.8 Å². The summed E-state index contributed by atoms with van der Waals surface area (Å²) in [5.41, 5.74) is 0.568. The number of likely N-dealkylation sites (N-methyl/N-ethyl adjacent to an activating group) is 1. The van der Waals surface area contributed by atoms with Crippen molar-refractivity contribution in [3.05, 3.63) is 48.1 Å². The SMILES string of the molecule is CN1C(=O)CC[C@@H](NCc2ccncc2F)[C@@H]1c1nccn1C. The fraction of sp³-hybridized carbons (Fsp3) is 0.438. The van der Waals surface area contributed by atoms with E-state index in [1.54, 1.807) is 30.4 Å². The van der Waals surface area contributed by atoms with E-state index in [2.05, 4.69) is 15.3 Å². The summed E-state index contributed by atoms with van der Waals surface area (Å²) in [7, 11) is 3.71. The standard InChI is InChI=1S/C16H20FN5O/c1-21-8-7-19-16(21)15-13(3-4-14(23)22(15)2)20-9-11-5-6-18-10-12(11)17/h5-8,10,13,15,20H,3-4,9H2,1-2H3/t13-,15-/m1/s1. The summed E-state index contributed by atoms with van der Waals surface area (Å²) >= 11 is 0. The van der Waals surface area contributed by atoms with Crippen LogP contribution in [-0.2, 0) is 18.4 Å². The molecule has 6 nitrogen and oxygen atoms in total. The van der Waals surface area contributed by atoms with Crippen LogP contribution in [0.5, 0.6) is 0 Å². The number of pyridine rings is 1. The quantitative estimate of drug-likeness (QED) is 0.926. The van der Waals surface area contributed by atoms with Crippen LogP contribution >= 0.6 is 0 Å². The fourth-order valence-electron chi connectivity index (χ4n) is 3.06. The van der Waals surface area contributed by atoms with Crippen LogP contribution in [0.2, 0.25) is 0 Å². The van der Waals surface area contributed by atoms with E-state index in [1.807, 2.05) is 17.8 Å². The number of hydrogen-bond acceptors (Lipinski definition) is 4. The van der Waals surface area contributed by atoms with Gasteiger partial charge in [0.05, 0.1) is 6.20 Å². The molecule has 1 amide bonds. The van der Waals surface area contributed by atoms with Crippen LogP contribution in [0.4, 0.5) is 4.39 Å². The van der Waals surface area contributed by atoms with E-state index in [0.29, 0.717) is 24.9 Å². The van der Waals surface area contributed by atoms with Gasteiger partial charge in [0.2, 0.25) is 5.91 Å². The average Bonchev–Trinajstić information content (AvgIpc) is 2.95. The predicted molar refractivity (Wildman–Crippen MR) is 82.8 cm³/mol. The second-order valence-electron chi connectivity index (χ2n) is 5.84. The molecule has 7 heteroatoms. The van der Waals surface area contributed by atoms with Gasteiger partial charge in [-0.05, 0) is 12.5 Å². The third-order valence-electron chi connectivity index (χ3n) is 4.40. The predicted octanol–water partition coefficient (Wildman–Crippen LogP) is 1.41. The van der Waals surface area contributed by atoms with Crippen molar-refractivity contribution < 1.29 is 9.18 Å². The molecule has 3 rings (SSSR count). The fourth-order valence-corrected chi connectivity index (χ4v) is 3.06. The van der Waals surface area contributed by atoms with Gasteiger partial charge in [-0.15, -0.1) is 0 Å². The number of likely N-dealkylation sites (tertiary alicyclic amines) is 1. The van der Waals surface area contributed by atoms with Crippen LogP contribution in [0.25, 0.3) is 0 Å². The summed E-state index contributed by atoms with van der Waals surface area (Å²) in [6, 6.07) is 1.52. The van der Waals surface area contributed by atoms with E-state index >= 15 is 0 Å². The molecule has 0 aliphatic carbocycles. The number of carbonyl (C=O) groups is 1. The number of amides is 1. The number of imidazole rings is 1. The number of hydrogen-bond donors (Lipinski definition) is 1. The van der Waals surface area contributed by atoms with E-state index in [4.69, 9.17) is 0 Å². The number of halogens is 1. The highest BCUT2D eigenvalue weighted by Crippen LogP contribution is 2.29. The van der Waals surface area contributed by atoms with Crippen LogP contribution in [0, 0.1) is 5.82 Å². The Morgan fingerprint density at radius 2 is 2.22 bits per heavy atom. The van der Waals surface area contributed by atoms with Crippen LogP contribution in [-0.4, -0.2) is 38.4 Å². The molecule has 0 aromatic carbocycles. The molecule has 2 aromatic rings. The Morgan fingerprint density at radius 3 is 2.91 bits per heavy atom. The Morgan fingerprint density at radius 1 is 1.39 bits per heavy atom. The molecule has 2 atom stereocenters. The Balaban J connectivity index is 1.80. The lowest BCUT2D eigenvalue weighted by Gasteiger charge is -2.39. The summed E-state index contributed by atoms with van der Waals surface area (Å²) in [5, 5.41) is 3.38. The molecule has 0 saturated carbocycles. The van der Waals surface area contributed by atoms with E-state index in [-0.39, 0.29) is 23.8 Å².